The van der Waals surface area contributed by atoms with Crippen LogP contribution in [0.5, 0.6) is 0 Å². The molecule has 2 aliphatic rings. The van der Waals surface area contributed by atoms with Crippen LogP contribution >= 0.6 is 11.8 Å². The summed E-state index contributed by atoms with van der Waals surface area (Å²) < 4.78 is 10.4. The third-order valence-corrected chi connectivity index (χ3v) is 6.14. The number of pyridine rings is 1. The Morgan fingerprint density at radius 3 is 2.59 bits per heavy atom. The molecule has 0 aliphatic carbocycles. The largest absolute Gasteiger partial charge is 0.477 e. The van der Waals surface area contributed by atoms with Crippen LogP contribution in [-0.4, -0.2) is 75.2 Å². The van der Waals surface area contributed by atoms with Gasteiger partial charge in [-0.2, -0.15) is 0 Å². The summed E-state index contributed by atoms with van der Waals surface area (Å²) in [6.45, 7) is 0.898. The number of hydrogen-bond acceptors (Lipinski definition) is 9. The Bertz CT molecular complexity index is 1080. The normalized spacial score (nSPS) is 20.6. The second-order valence-electron chi connectivity index (χ2n) is 6.81. The second kappa shape index (κ2) is 9.26. The number of carboxylic acids is 1. The molecule has 3 heterocycles. The van der Waals surface area contributed by atoms with Gasteiger partial charge in [0.25, 0.3) is 17.4 Å². The van der Waals surface area contributed by atoms with E-state index in [2.05, 4.69) is 10.1 Å². The molecule has 170 valence electrons. The summed E-state index contributed by atoms with van der Waals surface area (Å²) in [5.74, 6) is -4.50. The fraction of sp³-hybridized carbons (Fsp3) is 0.368. The number of β-lactam (4-membered cyclic amide) rings is 1. The first-order valence-electron chi connectivity index (χ1n) is 9.26. The Morgan fingerprint density at radius 2 is 2.00 bits per heavy atom. The lowest BCUT2D eigenvalue weighted by atomic mass is 10.0. The van der Waals surface area contributed by atoms with Gasteiger partial charge in [-0.25, -0.2) is 9.59 Å². The quantitative estimate of drug-likeness (QED) is 0.286. The number of fused-ring (bicyclic) bond motifs is 1. The van der Waals surface area contributed by atoms with Crippen LogP contribution in [0.3, 0.4) is 0 Å². The average molecular weight is 465 g/mol. The Balaban J connectivity index is 1.82. The maximum absolute atomic E-state index is 12.8. The van der Waals surface area contributed by atoms with Crippen molar-refractivity contribution in [2.24, 2.45) is 0 Å². The number of amides is 2. The van der Waals surface area contributed by atoms with Gasteiger partial charge in [0.15, 0.2) is 0 Å². The molecule has 1 unspecified atom stereocenters. The van der Waals surface area contributed by atoms with Crippen LogP contribution in [-0.2, 0) is 33.4 Å². The molecule has 12 nitrogen and oxygen atoms in total. The van der Waals surface area contributed by atoms with Crippen molar-refractivity contribution in [2.45, 2.75) is 24.4 Å². The Labute approximate surface area is 185 Å². The Kier molecular flexibility index (Phi) is 6.67. The minimum Gasteiger partial charge on any atom is -0.477 e. The van der Waals surface area contributed by atoms with Crippen LogP contribution in [0.25, 0.3) is 0 Å². The number of aromatic nitrogens is 1. The van der Waals surface area contributed by atoms with Gasteiger partial charge in [0.05, 0.1) is 7.11 Å². The van der Waals surface area contributed by atoms with Crippen molar-refractivity contribution in [1.29, 1.82) is 0 Å². The van der Waals surface area contributed by atoms with Crippen molar-refractivity contribution in [2.75, 3.05) is 19.5 Å². The number of nitrogens with one attached hydrogen (secondary N) is 1. The summed E-state index contributed by atoms with van der Waals surface area (Å²) in [5, 5.41) is 11.2. The summed E-state index contributed by atoms with van der Waals surface area (Å²) in [4.78, 5) is 73.6. The predicted octanol–water partition coefficient (Wildman–Crippen LogP) is -1.14. The molecular formula is C19H19N3O9S. The average Bonchev–Trinajstić information content (AvgIpc) is 2.76. The number of esters is 2. The number of carboxylic acid groups (broad SMARTS) is 1. The molecule has 3 atom stereocenters. The number of methoxy groups -OCH3 is 1. The Morgan fingerprint density at radius 1 is 1.28 bits per heavy atom. The minimum absolute atomic E-state index is 0.147. The van der Waals surface area contributed by atoms with E-state index >= 15 is 0 Å². The molecule has 2 N–H and O–H groups in total. The molecule has 0 aromatic carbocycles. The standard InChI is InChI=1S/C19H19N3O9S/c1-9(23)31-7-10-8-32-17-12(16(26)22(17)13(10)18(27)28)20-15(25)14(19(29)30-2)21-6-4-3-5-11(21)24/h3-6,12,14,17H,7-8H2,1-2H3,(H,20,25)(H,27,28)/t12-,14?,17-/m1/s1. The van der Waals surface area contributed by atoms with Crippen LogP contribution < -0.4 is 10.9 Å². The van der Waals surface area contributed by atoms with E-state index in [0.717, 1.165) is 22.6 Å². The molecule has 13 heteroatoms. The van der Waals surface area contributed by atoms with Crippen molar-refractivity contribution in [1.82, 2.24) is 14.8 Å². The second-order valence-corrected chi connectivity index (χ2v) is 7.91. The van der Waals surface area contributed by atoms with E-state index in [1.54, 1.807) is 0 Å². The van der Waals surface area contributed by atoms with Gasteiger partial charge in [0.1, 0.15) is 23.7 Å². The van der Waals surface area contributed by atoms with Crippen molar-refractivity contribution in [3.63, 3.8) is 0 Å². The number of aliphatic carboxylic acids is 1. The van der Waals surface area contributed by atoms with E-state index in [1.807, 2.05) is 0 Å². The molecule has 0 saturated carbocycles. The maximum atomic E-state index is 12.8. The number of nitrogens with zero attached hydrogens (tertiary/aromatic N) is 2. The van der Waals surface area contributed by atoms with Gasteiger partial charge in [-0.15, -0.1) is 11.8 Å². The smallest absolute Gasteiger partial charge is 0.352 e. The predicted molar refractivity (Wildman–Crippen MR) is 108 cm³/mol. The summed E-state index contributed by atoms with van der Waals surface area (Å²) >= 11 is 1.17. The summed E-state index contributed by atoms with van der Waals surface area (Å²) in [5.41, 5.74) is -0.692. The lowest BCUT2D eigenvalue weighted by Gasteiger charge is -2.49. The first kappa shape index (κ1) is 23.1. The molecule has 3 rings (SSSR count). The van der Waals surface area contributed by atoms with Gasteiger partial charge < -0.3 is 19.9 Å². The molecule has 1 aromatic rings. The lowest BCUT2D eigenvalue weighted by Crippen LogP contribution is -2.71. The van der Waals surface area contributed by atoms with E-state index in [1.165, 1.54) is 37.0 Å². The highest BCUT2D eigenvalue weighted by molar-refractivity contribution is 8.00. The molecule has 0 radical (unpaired) electrons. The zero-order valence-electron chi connectivity index (χ0n) is 17.0. The molecule has 0 spiro atoms. The fourth-order valence-corrected chi connectivity index (χ4v) is 4.65. The highest BCUT2D eigenvalue weighted by Crippen LogP contribution is 2.40. The van der Waals surface area contributed by atoms with Gasteiger partial charge in [-0.05, 0) is 6.07 Å². The molecule has 1 fully saturated rings. The topological polar surface area (TPSA) is 161 Å². The van der Waals surface area contributed by atoms with E-state index < -0.39 is 52.7 Å². The lowest BCUT2D eigenvalue weighted by molar-refractivity contribution is -0.154. The number of carbonyl (C=O) groups is 5. The summed E-state index contributed by atoms with van der Waals surface area (Å²) in [6, 6.07) is 1.25. The van der Waals surface area contributed by atoms with Crippen molar-refractivity contribution >= 4 is 41.5 Å². The van der Waals surface area contributed by atoms with Gasteiger partial charge in [0, 0.05) is 30.5 Å². The highest BCUT2D eigenvalue weighted by atomic mass is 32.2. The van der Waals surface area contributed by atoms with Crippen LogP contribution in [0.15, 0.2) is 40.5 Å². The van der Waals surface area contributed by atoms with Gasteiger partial charge >= 0.3 is 17.9 Å². The zero-order chi connectivity index (χ0) is 23.6. The molecule has 2 amide bonds. The minimum atomic E-state index is -1.67. The van der Waals surface area contributed by atoms with Crippen LogP contribution in [0.2, 0.25) is 0 Å². The number of carbonyl (C=O) groups excluding carboxylic acids is 4. The van der Waals surface area contributed by atoms with Crippen LogP contribution in [0.1, 0.15) is 13.0 Å². The third-order valence-electron chi connectivity index (χ3n) is 4.80. The van der Waals surface area contributed by atoms with Gasteiger partial charge in [-0.3, -0.25) is 28.6 Å². The molecule has 1 saturated heterocycles. The molecule has 1 aromatic heterocycles. The van der Waals surface area contributed by atoms with E-state index in [0.29, 0.717) is 0 Å². The van der Waals surface area contributed by atoms with E-state index in [4.69, 9.17) is 4.74 Å². The monoisotopic (exact) mass is 465 g/mol. The molecule has 2 aliphatic heterocycles. The molecule has 32 heavy (non-hydrogen) atoms. The van der Waals surface area contributed by atoms with Crippen molar-refractivity contribution in [3.05, 3.63) is 46.0 Å². The van der Waals surface area contributed by atoms with Gasteiger partial charge in [-0.1, -0.05) is 6.07 Å². The molecular weight excluding hydrogens is 446 g/mol. The Hall–Kier alpha value is -3.61. The SMILES string of the molecule is COC(=O)C(C(=O)N[C@@H]1C(=O)N2C(C(=O)O)=C(COC(C)=O)CS[C@H]12)n1ccccc1=O. The van der Waals surface area contributed by atoms with Crippen LogP contribution in [0.4, 0.5) is 0 Å². The highest BCUT2D eigenvalue weighted by Gasteiger charge is 2.55. The first-order valence-corrected chi connectivity index (χ1v) is 10.3. The number of thioether (sulfide) groups is 1. The first-order chi connectivity index (χ1) is 15.2. The number of hydrogen-bond donors (Lipinski definition) is 2. The van der Waals surface area contributed by atoms with Gasteiger partial charge in [0.2, 0.25) is 6.04 Å². The summed E-state index contributed by atoms with van der Waals surface area (Å²) in [6.07, 6.45) is 1.24. The van der Waals surface area contributed by atoms with E-state index in [9.17, 15) is 33.9 Å². The van der Waals surface area contributed by atoms with E-state index in [-0.39, 0.29) is 23.6 Å². The number of ether oxygens (including phenoxy) is 2. The number of rotatable bonds is 7. The third kappa shape index (κ3) is 4.23. The van der Waals surface area contributed by atoms with Crippen LogP contribution in [0, 0.1) is 0 Å². The fourth-order valence-electron chi connectivity index (χ4n) is 3.33. The van der Waals surface area contributed by atoms with Crippen molar-refractivity contribution < 1.29 is 38.6 Å². The van der Waals surface area contributed by atoms with Crippen molar-refractivity contribution in [3.8, 4) is 0 Å². The molecule has 0 bridgehead atoms. The summed E-state index contributed by atoms with van der Waals surface area (Å²) in [7, 11) is 1.05. The zero-order valence-corrected chi connectivity index (χ0v) is 17.8. The maximum Gasteiger partial charge on any atom is 0.352 e.